The van der Waals surface area contributed by atoms with Crippen molar-refractivity contribution < 1.29 is 14.7 Å². The number of carboxylic acid groups (broad SMARTS) is 1. The summed E-state index contributed by atoms with van der Waals surface area (Å²) >= 11 is 0. The number of carbonyl (C=O) groups excluding carboxylic acids is 1. The first-order valence-electron chi connectivity index (χ1n) is 4.33. The molecular weight excluding hydrogens is 172 g/mol. The topological polar surface area (TPSA) is 92.4 Å². The Hall–Kier alpha value is -1.10. The first-order valence-corrected chi connectivity index (χ1v) is 4.33. The van der Waals surface area contributed by atoms with Gasteiger partial charge in [0.15, 0.2) is 0 Å². The molecule has 0 unspecified atom stereocenters. The van der Waals surface area contributed by atoms with Crippen LogP contribution in [0.25, 0.3) is 0 Å². The Labute approximate surface area is 77.3 Å². The third-order valence-electron chi connectivity index (χ3n) is 1.57. The van der Waals surface area contributed by atoms with Gasteiger partial charge in [-0.2, -0.15) is 0 Å². The second kappa shape index (κ2) is 6.42. The van der Waals surface area contributed by atoms with Gasteiger partial charge in [0.05, 0.1) is 0 Å². The van der Waals surface area contributed by atoms with Crippen LogP contribution >= 0.6 is 0 Å². The second-order valence-electron chi connectivity index (χ2n) is 2.83. The van der Waals surface area contributed by atoms with E-state index in [0.717, 1.165) is 6.42 Å². The number of nitrogens with two attached hydrogens (primary N) is 1. The van der Waals surface area contributed by atoms with Crippen molar-refractivity contribution in [2.45, 2.75) is 32.2 Å². The van der Waals surface area contributed by atoms with Gasteiger partial charge < -0.3 is 16.2 Å². The molecule has 0 saturated carbocycles. The summed E-state index contributed by atoms with van der Waals surface area (Å²) in [5, 5.41) is 11.1. The minimum Gasteiger partial charge on any atom is -0.480 e. The maximum Gasteiger partial charge on any atom is 0.320 e. The Morgan fingerprint density at radius 2 is 2.15 bits per heavy atom. The van der Waals surface area contributed by atoms with E-state index in [2.05, 4.69) is 5.32 Å². The van der Waals surface area contributed by atoms with Crippen molar-refractivity contribution in [1.29, 1.82) is 0 Å². The number of carbonyl (C=O) groups is 2. The Balaban J connectivity index is 3.52. The summed E-state index contributed by atoms with van der Waals surface area (Å²) in [6, 6.07) is -0.938. The molecule has 76 valence electrons. The van der Waals surface area contributed by atoms with Crippen LogP contribution in [-0.4, -0.2) is 29.6 Å². The Morgan fingerprint density at radius 3 is 2.62 bits per heavy atom. The summed E-state index contributed by atoms with van der Waals surface area (Å²) in [5.41, 5.74) is 5.21. The molecule has 0 aromatic carbocycles. The van der Waals surface area contributed by atoms with Gasteiger partial charge in [0.1, 0.15) is 6.04 Å². The molecule has 5 heteroatoms. The summed E-state index contributed by atoms with van der Waals surface area (Å²) in [7, 11) is 0. The normalized spacial score (nSPS) is 12.2. The van der Waals surface area contributed by atoms with Gasteiger partial charge in [-0.05, 0) is 12.8 Å². The van der Waals surface area contributed by atoms with Crippen molar-refractivity contribution in [1.82, 2.24) is 5.32 Å². The minimum atomic E-state index is -1.07. The molecule has 0 aromatic rings. The van der Waals surface area contributed by atoms with Crippen LogP contribution in [0.5, 0.6) is 0 Å². The van der Waals surface area contributed by atoms with E-state index in [1.165, 1.54) is 0 Å². The van der Waals surface area contributed by atoms with Crippen molar-refractivity contribution in [3.05, 3.63) is 0 Å². The van der Waals surface area contributed by atoms with Gasteiger partial charge in [-0.25, -0.2) is 0 Å². The average molecular weight is 188 g/mol. The van der Waals surface area contributed by atoms with Crippen molar-refractivity contribution in [2.75, 3.05) is 6.54 Å². The zero-order chi connectivity index (χ0) is 10.3. The van der Waals surface area contributed by atoms with E-state index in [-0.39, 0.29) is 18.7 Å². The van der Waals surface area contributed by atoms with Gasteiger partial charge in [-0.1, -0.05) is 6.92 Å². The fourth-order valence-corrected chi connectivity index (χ4v) is 0.763. The van der Waals surface area contributed by atoms with Crippen LogP contribution in [0.2, 0.25) is 0 Å². The second-order valence-corrected chi connectivity index (χ2v) is 2.83. The van der Waals surface area contributed by atoms with Crippen LogP contribution in [0.3, 0.4) is 0 Å². The van der Waals surface area contributed by atoms with E-state index in [1.54, 1.807) is 0 Å². The number of nitrogens with one attached hydrogen (secondary N) is 1. The predicted octanol–water partition coefficient (Wildman–Crippen LogP) is -0.295. The van der Waals surface area contributed by atoms with E-state index in [0.29, 0.717) is 6.54 Å². The molecule has 1 amide bonds. The van der Waals surface area contributed by atoms with E-state index in [9.17, 15) is 9.59 Å². The van der Waals surface area contributed by atoms with E-state index in [1.807, 2.05) is 6.92 Å². The van der Waals surface area contributed by atoms with Crippen LogP contribution in [0.15, 0.2) is 0 Å². The average Bonchev–Trinajstić information content (AvgIpc) is 2.10. The SMILES string of the molecule is CCCNC(=O)CC[C@H](N)C(=O)O. The number of hydrogen-bond donors (Lipinski definition) is 3. The fourth-order valence-electron chi connectivity index (χ4n) is 0.763. The molecule has 0 bridgehead atoms. The third-order valence-corrected chi connectivity index (χ3v) is 1.57. The van der Waals surface area contributed by atoms with E-state index < -0.39 is 12.0 Å². The highest BCUT2D eigenvalue weighted by molar-refractivity contribution is 5.78. The van der Waals surface area contributed by atoms with E-state index in [4.69, 9.17) is 10.8 Å². The fraction of sp³-hybridized carbons (Fsp3) is 0.750. The number of hydrogen-bond acceptors (Lipinski definition) is 3. The Bertz CT molecular complexity index is 182. The number of rotatable bonds is 6. The molecule has 0 radical (unpaired) electrons. The maximum atomic E-state index is 11.0. The molecular formula is C8H16N2O3. The van der Waals surface area contributed by atoms with Gasteiger partial charge in [-0.15, -0.1) is 0 Å². The Morgan fingerprint density at radius 1 is 1.54 bits per heavy atom. The van der Waals surface area contributed by atoms with Gasteiger partial charge in [-0.3, -0.25) is 9.59 Å². The smallest absolute Gasteiger partial charge is 0.320 e. The number of aliphatic carboxylic acids is 1. The highest BCUT2D eigenvalue weighted by atomic mass is 16.4. The quantitative estimate of drug-likeness (QED) is 0.533. The predicted molar refractivity (Wildman–Crippen MR) is 48.1 cm³/mol. The molecule has 0 saturated heterocycles. The zero-order valence-corrected chi connectivity index (χ0v) is 7.75. The minimum absolute atomic E-state index is 0.140. The van der Waals surface area contributed by atoms with Crippen LogP contribution in [0, 0.1) is 0 Å². The molecule has 13 heavy (non-hydrogen) atoms. The van der Waals surface area contributed by atoms with Crippen molar-refractivity contribution in [3.8, 4) is 0 Å². The van der Waals surface area contributed by atoms with Crippen LogP contribution in [-0.2, 0) is 9.59 Å². The van der Waals surface area contributed by atoms with Crippen molar-refractivity contribution in [2.24, 2.45) is 5.73 Å². The van der Waals surface area contributed by atoms with Crippen LogP contribution < -0.4 is 11.1 Å². The van der Waals surface area contributed by atoms with Crippen LogP contribution in [0.1, 0.15) is 26.2 Å². The lowest BCUT2D eigenvalue weighted by atomic mass is 10.1. The molecule has 4 N–H and O–H groups in total. The molecule has 0 rings (SSSR count). The first-order chi connectivity index (χ1) is 6.07. The van der Waals surface area contributed by atoms with E-state index >= 15 is 0 Å². The van der Waals surface area contributed by atoms with Crippen molar-refractivity contribution >= 4 is 11.9 Å². The molecule has 0 aliphatic heterocycles. The summed E-state index contributed by atoms with van der Waals surface area (Å²) in [4.78, 5) is 21.2. The monoisotopic (exact) mass is 188 g/mol. The van der Waals surface area contributed by atoms with Gasteiger partial charge in [0, 0.05) is 13.0 Å². The molecule has 0 spiro atoms. The lowest BCUT2D eigenvalue weighted by Gasteiger charge is -2.06. The summed E-state index contributed by atoms with van der Waals surface area (Å²) in [6.45, 7) is 2.57. The summed E-state index contributed by atoms with van der Waals surface area (Å²) in [6.07, 6.45) is 1.23. The van der Waals surface area contributed by atoms with Gasteiger partial charge in [0.25, 0.3) is 0 Å². The molecule has 0 aliphatic carbocycles. The number of amides is 1. The van der Waals surface area contributed by atoms with Crippen molar-refractivity contribution in [3.63, 3.8) is 0 Å². The molecule has 0 aromatic heterocycles. The Kier molecular flexibility index (Phi) is 5.88. The molecule has 0 fully saturated rings. The molecule has 0 heterocycles. The molecule has 0 aliphatic rings. The van der Waals surface area contributed by atoms with Gasteiger partial charge >= 0.3 is 5.97 Å². The maximum absolute atomic E-state index is 11.0. The summed E-state index contributed by atoms with van der Waals surface area (Å²) in [5.74, 6) is -1.21. The summed E-state index contributed by atoms with van der Waals surface area (Å²) < 4.78 is 0. The third kappa shape index (κ3) is 6.10. The zero-order valence-electron chi connectivity index (χ0n) is 7.75. The molecule has 1 atom stereocenters. The number of carboxylic acids is 1. The lowest BCUT2D eigenvalue weighted by molar-refractivity contribution is -0.138. The van der Waals surface area contributed by atoms with Gasteiger partial charge in [0.2, 0.25) is 5.91 Å². The standard InChI is InChI=1S/C8H16N2O3/c1-2-5-10-7(11)4-3-6(9)8(12)13/h6H,2-5,9H2,1H3,(H,10,11)(H,12,13)/t6-/m0/s1. The first kappa shape index (κ1) is 11.9. The van der Waals surface area contributed by atoms with Crippen LogP contribution in [0.4, 0.5) is 0 Å². The molecule has 5 nitrogen and oxygen atoms in total. The largest absolute Gasteiger partial charge is 0.480 e. The lowest BCUT2D eigenvalue weighted by Crippen LogP contribution is -2.32. The highest BCUT2D eigenvalue weighted by Crippen LogP contribution is 1.94. The highest BCUT2D eigenvalue weighted by Gasteiger charge is 2.12.